The van der Waals surface area contributed by atoms with Gasteiger partial charge in [0.15, 0.2) is 6.10 Å². The predicted octanol–water partition coefficient (Wildman–Crippen LogP) is 15.5. The summed E-state index contributed by atoms with van der Waals surface area (Å²) in [4.78, 5) is 35.0. The lowest BCUT2D eigenvalue weighted by Crippen LogP contribution is -2.29. The predicted molar refractivity (Wildman–Crippen MR) is 257 cm³/mol. The van der Waals surface area contributed by atoms with E-state index in [4.69, 9.17) is 24.3 Å². The van der Waals surface area contributed by atoms with E-state index in [0.29, 0.717) is 6.42 Å². The summed E-state index contributed by atoms with van der Waals surface area (Å²) in [5, 5.41) is 0. The molecule has 61 heavy (non-hydrogen) atoms. The van der Waals surface area contributed by atoms with Crippen molar-refractivity contribution >= 4 is 19.8 Å². The first-order valence-electron chi connectivity index (χ1n) is 25.8. The Morgan fingerprint density at radius 1 is 0.492 bits per heavy atom. The van der Waals surface area contributed by atoms with Crippen LogP contribution in [0.5, 0.6) is 0 Å². The normalized spacial score (nSPS) is 13.3. The van der Waals surface area contributed by atoms with Crippen LogP contribution in [0.15, 0.2) is 24.3 Å². The van der Waals surface area contributed by atoms with Gasteiger partial charge in [0, 0.05) is 19.4 Å². The Bertz CT molecular complexity index is 1050. The van der Waals surface area contributed by atoms with E-state index in [1.807, 2.05) is 0 Å². The van der Waals surface area contributed by atoms with Crippen molar-refractivity contribution in [1.29, 1.82) is 0 Å². The molecule has 0 bridgehead atoms. The van der Waals surface area contributed by atoms with E-state index in [-0.39, 0.29) is 38.6 Å². The largest absolute Gasteiger partial charge is 0.472 e. The summed E-state index contributed by atoms with van der Waals surface area (Å²) in [5.74, 6) is -0.824. The Hall–Kier alpha value is -1.51. The summed E-state index contributed by atoms with van der Waals surface area (Å²) in [6.07, 6.45) is 53.6. The zero-order valence-corrected chi connectivity index (χ0v) is 40.8. The molecule has 0 aliphatic rings. The lowest BCUT2D eigenvalue weighted by atomic mass is 10.0. The summed E-state index contributed by atoms with van der Waals surface area (Å²) in [6.45, 7) is 3.75. The lowest BCUT2D eigenvalue weighted by molar-refractivity contribution is -0.161. The number of hydrogen-bond acceptors (Lipinski definition) is 8. The van der Waals surface area contributed by atoms with E-state index in [1.165, 1.54) is 173 Å². The number of phosphoric ester groups is 1. The molecule has 360 valence electrons. The van der Waals surface area contributed by atoms with Gasteiger partial charge in [0.25, 0.3) is 0 Å². The van der Waals surface area contributed by atoms with Crippen LogP contribution in [-0.4, -0.2) is 49.3 Å². The van der Waals surface area contributed by atoms with E-state index >= 15 is 0 Å². The van der Waals surface area contributed by atoms with Crippen LogP contribution in [0.25, 0.3) is 0 Å². The van der Waals surface area contributed by atoms with Gasteiger partial charge in [-0.25, -0.2) is 4.57 Å². The summed E-state index contributed by atoms with van der Waals surface area (Å²) in [6, 6.07) is 0. The Balaban J connectivity index is 3.99. The lowest BCUT2D eigenvalue weighted by Gasteiger charge is -2.19. The second-order valence-electron chi connectivity index (χ2n) is 17.4. The SMILES string of the molecule is CCCCC/C=C\C/C=C\CCCCCCCCCC(=O)OC(COC(=O)CCCCCCCCCCCCCCCCCCCCCCCCC)COP(=O)(O)OCCN. The van der Waals surface area contributed by atoms with E-state index < -0.39 is 26.5 Å². The molecule has 0 spiro atoms. The first-order chi connectivity index (χ1) is 29.8. The van der Waals surface area contributed by atoms with Crippen LogP contribution in [0.2, 0.25) is 0 Å². The minimum atomic E-state index is -4.38. The second-order valence-corrected chi connectivity index (χ2v) is 18.9. The molecule has 10 heteroatoms. The van der Waals surface area contributed by atoms with Gasteiger partial charge in [-0.05, 0) is 44.9 Å². The molecular formula is C51H98NO8P. The average Bonchev–Trinajstić information content (AvgIpc) is 3.25. The first kappa shape index (κ1) is 59.5. The molecule has 0 aromatic rings. The molecule has 0 saturated carbocycles. The molecule has 2 atom stereocenters. The van der Waals surface area contributed by atoms with Crippen molar-refractivity contribution in [3.8, 4) is 0 Å². The van der Waals surface area contributed by atoms with Crippen LogP contribution in [-0.2, 0) is 32.7 Å². The van der Waals surface area contributed by atoms with E-state index in [9.17, 15) is 19.0 Å². The summed E-state index contributed by atoms with van der Waals surface area (Å²) < 4.78 is 32.9. The molecule has 0 heterocycles. The molecule has 0 rings (SSSR count). The molecule has 0 aliphatic heterocycles. The monoisotopic (exact) mass is 884 g/mol. The van der Waals surface area contributed by atoms with Gasteiger partial charge >= 0.3 is 19.8 Å². The topological polar surface area (TPSA) is 134 Å². The Labute approximate surface area is 376 Å². The highest BCUT2D eigenvalue weighted by molar-refractivity contribution is 7.47. The third-order valence-corrected chi connectivity index (χ3v) is 12.3. The molecule has 0 fully saturated rings. The molecular weight excluding hydrogens is 786 g/mol. The Kier molecular flexibility index (Phi) is 46.8. The zero-order chi connectivity index (χ0) is 44.6. The summed E-state index contributed by atoms with van der Waals surface area (Å²) in [5.41, 5.74) is 5.37. The number of unbranched alkanes of at least 4 members (excludes halogenated alkanes) is 32. The number of carbonyl (C=O) groups excluding carboxylic acids is 2. The summed E-state index contributed by atoms with van der Waals surface area (Å²) >= 11 is 0. The van der Waals surface area contributed by atoms with Crippen LogP contribution in [0.4, 0.5) is 0 Å². The molecule has 3 N–H and O–H groups in total. The maximum Gasteiger partial charge on any atom is 0.472 e. The maximum absolute atomic E-state index is 12.6. The van der Waals surface area contributed by atoms with Crippen molar-refractivity contribution in [1.82, 2.24) is 0 Å². The van der Waals surface area contributed by atoms with Gasteiger partial charge in [-0.15, -0.1) is 0 Å². The Morgan fingerprint density at radius 2 is 0.852 bits per heavy atom. The molecule has 2 unspecified atom stereocenters. The highest BCUT2D eigenvalue weighted by Gasteiger charge is 2.26. The smallest absolute Gasteiger partial charge is 0.462 e. The third-order valence-electron chi connectivity index (χ3n) is 11.3. The molecule has 9 nitrogen and oxygen atoms in total. The van der Waals surface area contributed by atoms with Crippen LogP contribution in [0.1, 0.15) is 258 Å². The van der Waals surface area contributed by atoms with E-state index in [2.05, 4.69) is 38.2 Å². The first-order valence-corrected chi connectivity index (χ1v) is 27.3. The maximum atomic E-state index is 12.6. The van der Waals surface area contributed by atoms with Crippen molar-refractivity contribution in [3.05, 3.63) is 24.3 Å². The van der Waals surface area contributed by atoms with Crippen LogP contribution >= 0.6 is 7.82 Å². The Morgan fingerprint density at radius 3 is 1.28 bits per heavy atom. The molecule has 0 aromatic heterocycles. The van der Waals surface area contributed by atoms with Crippen molar-refractivity contribution < 1.29 is 37.6 Å². The van der Waals surface area contributed by atoms with Crippen LogP contribution in [0.3, 0.4) is 0 Å². The van der Waals surface area contributed by atoms with Crippen molar-refractivity contribution in [3.63, 3.8) is 0 Å². The molecule has 0 saturated heterocycles. The van der Waals surface area contributed by atoms with E-state index in [1.54, 1.807) is 0 Å². The molecule has 0 radical (unpaired) electrons. The molecule has 0 amide bonds. The van der Waals surface area contributed by atoms with Gasteiger partial charge in [0.05, 0.1) is 13.2 Å². The molecule has 0 aromatic carbocycles. The zero-order valence-electron chi connectivity index (χ0n) is 39.9. The molecule has 0 aliphatic carbocycles. The number of rotatable bonds is 49. The number of phosphoric acid groups is 1. The third kappa shape index (κ3) is 47.8. The number of allylic oxidation sites excluding steroid dienone is 4. The second kappa shape index (κ2) is 48.0. The van der Waals surface area contributed by atoms with Gasteiger partial charge in [-0.2, -0.15) is 0 Å². The number of nitrogens with two attached hydrogens (primary N) is 1. The number of hydrogen-bond donors (Lipinski definition) is 2. The van der Waals surface area contributed by atoms with Gasteiger partial charge in [0.2, 0.25) is 0 Å². The van der Waals surface area contributed by atoms with Crippen molar-refractivity contribution in [2.45, 2.75) is 264 Å². The quantitative estimate of drug-likeness (QED) is 0.0265. The van der Waals surface area contributed by atoms with Gasteiger partial charge in [-0.1, -0.05) is 224 Å². The average molecular weight is 884 g/mol. The standard InChI is InChI=1S/C51H98NO8P/c1-3-5-7-9-11-13-15-17-19-21-22-23-24-25-26-28-29-31-33-35-37-39-41-43-50(53)57-47-49(48-59-61(55,56)58-46-45-52)60-51(54)44-42-40-38-36-34-32-30-27-20-18-16-14-12-10-8-6-4-2/h12,14,18,20,49H,3-11,13,15-17,19,21-48,52H2,1-2H3,(H,55,56)/b14-12-,20-18-. The van der Waals surface area contributed by atoms with Crippen molar-refractivity contribution in [2.75, 3.05) is 26.4 Å². The number of carbonyl (C=O) groups is 2. The minimum Gasteiger partial charge on any atom is -0.462 e. The van der Waals surface area contributed by atoms with Crippen LogP contribution in [0, 0.1) is 0 Å². The van der Waals surface area contributed by atoms with Gasteiger partial charge in [-0.3, -0.25) is 18.6 Å². The number of ether oxygens (including phenoxy) is 2. The fourth-order valence-electron chi connectivity index (χ4n) is 7.49. The van der Waals surface area contributed by atoms with Crippen LogP contribution < -0.4 is 5.73 Å². The van der Waals surface area contributed by atoms with E-state index in [0.717, 1.165) is 51.4 Å². The number of esters is 2. The van der Waals surface area contributed by atoms with Gasteiger partial charge in [0.1, 0.15) is 6.61 Å². The van der Waals surface area contributed by atoms with Gasteiger partial charge < -0.3 is 20.1 Å². The minimum absolute atomic E-state index is 0.0538. The highest BCUT2D eigenvalue weighted by Crippen LogP contribution is 2.43. The fraction of sp³-hybridized carbons (Fsp3) is 0.882. The fourth-order valence-corrected chi connectivity index (χ4v) is 8.26. The summed E-state index contributed by atoms with van der Waals surface area (Å²) in [7, 11) is -4.38. The van der Waals surface area contributed by atoms with Crippen molar-refractivity contribution in [2.24, 2.45) is 5.73 Å². The highest BCUT2D eigenvalue weighted by atomic mass is 31.2.